The van der Waals surface area contributed by atoms with Gasteiger partial charge in [-0.05, 0) is 49.7 Å². The molecule has 0 spiro atoms. The van der Waals surface area contributed by atoms with Gasteiger partial charge in [0.2, 0.25) is 5.91 Å². The van der Waals surface area contributed by atoms with Crippen LogP contribution < -0.4 is 10.6 Å². The number of piperidine rings is 1. The second-order valence-corrected chi connectivity index (χ2v) is 6.88. The standard InChI is InChI=1S/C18H25N3O2/c1-3-14-11(2)15-7-6-13(9-16(15)21-18(14)23)20-17(22)12-5-4-8-19-10-12/h4-5,8,10-11,13-16H,3,6-7,9H2,1-2H3,(H,20,22)(H,21,23). The third-order valence-electron chi connectivity index (χ3n) is 5.58. The molecular weight excluding hydrogens is 290 g/mol. The maximum Gasteiger partial charge on any atom is 0.253 e. The van der Waals surface area contributed by atoms with Crippen LogP contribution in [-0.4, -0.2) is 28.9 Å². The maximum atomic E-state index is 12.3. The van der Waals surface area contributed by atoms with E-state index in [1.165, 1.54) is 0 Å². The highest BCUT2D eigenvalue weighted by atomic mass is 16.2. The lowest BCUT2D eigenvalue weighted by Gasteiger charge is -2.46. The lowest BCUT2D eigenvalue weighted by atomic mass is 9.67. The summed E-state index contributed by atoms with van der Waals surface area (Å²) in [6.45, 7) is 4.29. The van der Waals surface area contributed by atoms with Crippen molar-refractivity contribution in [3.05, 3.63) is 30.1 Å². The SMILES string of the molecule is CCC1C(=O)NC2CC(NC(=O)c3cccnc3)CCC2C1C. The third kappa shape index (κ3) is 3.23. The summed E-state index contributed by atoms with van der Waals surface area (Å²) in [6, 6.07) is 3.84. The Morgan fingerprint density at radius 2 is 2.26 bits per heavy atom. The summed E-state index contributed by atoms with van der Waals surface area (Å²) in [4.78, 5) is 28.5. The fraction of sp³-hybridized carbons (Fsp3) is 0.611. The lowest BCUT2D eigenvalue weighted by molar-refractivity contribution is -0.133. The first kappa shape index (κ1) is 16.0. The molecule has 5 unspecified atom stereocenters. The number of amides is 2. The number of nitrogens with one attached hydrogen (secondary N) is 2. The highest BCUT2D eigenvalue weighted by Crippen LogP contribution is 2.38. The van der Waals surface area contributed by atoms with Gasteiger partial charge in [0.05, 0.1) is 5.56 Å². The Balaban J connectivity index is 1.62. The van der Waals surface area contributed by atoms with Gasteiger partial charge in [-0.1, -0.05) is 13.8 Å². The van der Waals surface area contributed by atoms with Gasteiger partial charge >= 0.3 is 0 Å². The van der Waals surface area contributed by atoms with E-state index in [0.29, 0.717) is 17.4 Å². The first-order valence-corrected chi connectivity index (χ1v) is 8.61. The molecule has 2 fully saturated rings. The van der Waals surface area contributed by atoms with Crippen molar-refractivity contribution in [1.29, 1.82) is 0 Å². The fourth-order valence-corrected chi connectivity index (χ4v) is 4.27. The Labute approximate surface area is 137 Å². The predicted octanol–water partition coefficient (Wildman–Crippen LogP) is 2.14. The van der Waals surface area contributed by atoms with Crippen molar-refractivity contribution in [3.63, 3.8) is 0 Å². The number of carbonyl (C=O) groups excluding carboxylic acids is 2. The zero-order valence-electron chi connectivity index (χ0n) is 13.8. The van der Waals surface area contributed by atoms with E-state index in [2.05, 4.69) is 29.5 Å². The van der Waals surface area contributed by atoms with Gasteiger partial charge in [0.15, 0.2) is 0 Å². The van der Waals surface area contributed by atoms with E-state index in [-0.39, 0.29) is 29.8 Å². The van der Waals surface area contributed by atoms with E-state index in [0.717, 1.165) is 25.7 Å². The predicted molar refractivity (Wildman–Crippen MR) is 87.7 cm³/mol. The largest absolute Gasteiger partial charge is 0.353 e. The quantitative estimate of drug-likeness (QED) is 0.898. The molecule has 1 aromatic heterocycles. The van der Waals surface area contributed by atoms with Crippen molar-refractivity contribution in [1.82, 2.24) is 15.6 Å². The van der Waals surface area contributed by atoms with Gasteiger partial charge in [0.25, 0.3) is 5.91 Å². The molecule has 2 heterocycles. The van der Waals surface area contributed by atoms with Crippen molar-refractivity contribution >= 4 is 11.8 Å². The zero-order valence-corrected chi connectivity index (χ0v) is 13.8. The Kier molecular flexibility index (Phi) is 4.64. The van der Waals surface area contributed by atoms with Gasteiger partial charge in [-0.3, -0.25) is 14.6 Å². The maximum absolute atomic E-state index is 12.3. The van der Waals surface area contributed by atoms with Crippen molar-refractivity contribution in [2.75, 3.05) is 0 Å². The second-order valence-electron chi connectivity index (χ2n) is 6.88. The molecule has 0 radical (unpaired) electrons. The van der Waals surface area contributed by atoms with Crippen LogP contribution in [0, 0.1) is 17.8 Å². The summed E-state index contributed by atoms with van der Waals surface area (Å²) in [5.74, 6) is 1.19. The van der Waals surface area contributed by atoms with Crippen molar-refractivity contribution in [2.45, 2.75) is 51.6 Å². The second kappa shape index (κ2) is 6.69. The molecule has 1 saturated heterocycles. The topological polar surface area (TPSA) is 71.1 Å². The molecule has 2 aliphatic rings. The highest BCUT2D eigenvalue weighted by molar-refractivity contribution is 5.94. The molecular formula is C18H25N3O2. The molecule has 1 saturated carbocycles. The minimum absolute atomic E-state index is 0.0804. The fourth-order valence-electron chi connectivity index (χ4n) is 4.27. The van der Waals surface area contributed by atoms with E-state index in [9.17, 15) is 9.59 Å². The number of carbonyl (C=O) groups is 2. The average Bonchev–Trinajstić information content (AvgIpc) is 2.55. The molecule has 5 atom stereocenters. The van der Waals surface area contributed by atoms with E-state index >= 15 is 0 Å². The minimum Gasteiger partial charge on any atom is -0.353 e. The number of aromatic nitrogens is 1. The molecule has 3 rings (SSSR count). The molecule has 2 N–H and O–H groups in total. The minimum atomic E-state index is -0.0804. The van der Waals surface area contributed by atoms with Crippen molar-refractivity contribution in [2.24, 2.45) is 17.8 Å². The molecule has 1 aliphatic carbocycles. The van der Waals surface area contributed by atoms with Gasteiger partial charge in [-0.25, -0.2) is 0 Å². The van der Waals surface area contributed by atoms with Gasteiger partial charge in [0, 0.05) is 30.4 Å². The van der Waals surface area contributed by atoms with Crippen molar-refractivity contribution in [3.8, 4) is 0 Å². The van der Waals surface area contributed by atoms with Gasteiger partial charge < -0.3 is 10.6 Å². The van der Waals surface area contributed by atoms with Crippen LogP contribution in [0.25, 0.3) is 0 Å². The van der Waals surface area contributed by atoms with Crippen LogP contribution in [-0.2, 0) is 4.79 Å². The number of hydrogen-bond acceptors (Lipinski definition) is 3. The summed E-state index contributed by atoms with van der Waals surface area (Å²) >= 11 is 0. The third-order valence-corrected chi connectivity index (χ3v) is 5.58. The molecule has 23 heavy (non-hydrogen) atoms. The summed E-state index contributed by atoms with van der Waals surface area (Å²) < 4.78 is 0. The Morgan fingerprint density at radius 1 is 1.43 bits per heavy atom. The first-order chi connectivity index (χ1) is 11.1. The lowest BCUT2D eigenvalue weighted by Crippen LogP contribution is -2.58. The van der Waals surface area contributed by atoms with E-state index in [1.807, 2.05) is 0 Å². The molecule has 1 aliphatic heterocycles. The number of fused-ring (bicyclic) bond motifs is 1. The summed E-state index contributed by atoms with van der Waals surface area (Å²) in [5, 5.41) is 6.28. The smallest absolute Gasteiger partial charge is 0.253 e. The first-order valence-electron chi connectivity index (χ1n) is 8.61. The number of hydrogen-bond donors (Lipinski definition) is 2. The molecule has 5 nitrogen and oxygen atoms in total. The Hall–Kier alpha value is -1.91. The van der Waals surface area contributed by atoms with Crippen LogP contribution in [0.5, 0.6) is 0 Å². The number of rotatable bonds is 3. The molecule has 1 aromatic rings. The summed E-state index contributed by atoms with van der Waals surface area (Å²) in [6.07, 6.45) is 6.99. The van der Waals surface area contributed by atoms with Crippen LogP contribution >= 0.6 is 0 Å². The monoisotopic (exact) mass is 315 g/mol. The zero-order chi connectivity index (χ0) is 16.4. The summed E-state index contributed by atoms with van der Waals surface area (Å²) in [7, 11) is 0. The summed E-state index contributed by atoms with van der Waals surface area (Å²) in [5.41, 5.74) is 0.585. The molecule has 0 bridgehead atoms. The number of nitrogens with zero attached hydrogens (tertiary/aromatic N) is 1. The van der Waals surface area contributed by atoms with E-state index < -0.39 is 0 Å². The van der Waals surface area contributed by atoms with Gasteiger partial charge in [0.1, 0.15) is 0 Å². The Bertz CT molecular complexity index is 575. The van der Waals surface area contributed by atoms with Crippen LogP contribution in [0.15, 0.2) is 24.5 Å². The average molecular weight is 315 g/mol. The Morgan fingerprint density at radius 3 is 2.96 bits per heavy atom. The van der Waals surface area contributed by atoms with Gasteiger partial charge in [-0.15, -0.1) is 0 Å². The highest BCUT2D eigenvalue weighted by Gasteiger charge is 2.43. The van der Waals surface area contributed by atoms with Crippen LogP contribution in [0.3, 0.4) is 0 Å². The van der Waals surface area contributed by atoms with Crippen LogP contribution in [0.2, 0.25) is 0 Å². The van der Waals surface area contributed by atoms with Crippen molar-refractivity contribution < 1.29 is 9.59 Å². The van der Waals surface area contributed by atoms with Crippen LogP contribution in [0.1, 0.15) is 49.9 Å². The normalized spacial score (nSPS) is 33.5. The molecule has 0 aromatic carbocycles. The molecule has 5 heteroatoms. The molecule has 124 valence electrons. The van der Waals surface area contributed by atoms with E-state index in [1.54, 1.807) is 24.5 Å². The van der Waals surface area contributed by atoms with Gasteiger partial charge in [-0.2, -0.15) is 0 Å². The van der Waals surface area contributed by atoms with Crippen LogP contribution in [0.4, 0.5) is 0 Å². The van der Waals surface area contributed by atoms with E-state index in [4.69, 9.17) is 0 Å². The molecule has 2 amide bonds. The number of pyridine rings is 1.